The van der Waals surface area contributed by atoms with E-state index in [4.69, 9.17) is 0 Å². The van der Waals surface area contributed by atoms with Gasteiger partial charge in [-0.2, -0.15) is 0 Å². The molecule has 8 heteroatoms. The number of piperidine rings is 1. The highest BCUT2D eigenvalue weighted by Gasteiger charge is 2.28. The van der Waals surface area contributed by atoms with Gasteiger partial charge in [0.25, 0.3) is 0 Å². The minimum absolute atomic E-state index is 0.0361. The Morgan fingerprint density at radius 2 is 1.97 bits per heavy atom. The number of anilines is 3. The molecule has 2 saturated heterocycles. The summed E-state index contributed by atoms with van der Waals surface area (Å²) in [6.07, 6.45) is 4.69. The van der Waals surface area contributed by atoms with Crippen LogP contribution < -0.4 is 15.1 Å². The third kappa shape index (κ3) is 3.83. The molecular formula is C24H27N5O2S. The number of aryl methyl sites for hydroxylation is 2. The summed E-state index contributed by atoms with van der Waals surface area (Å²) in [4.78, 5) is 40.4. The van der Waals surface area contributed by atoms with Gasteiger partial charge in [-0.1, -0.05) is 6.07 Å². The number of carbonyl (C=O) groups is 2. The Kier molecular flexibility index (Phi) is 5.55. The third-order valence-electron chi connectivity index (χ3n) is 6.61. The number of carbonyl (C=O) groups excluding carboxylic acids is 2. The minimum Gasteiger partial charge on any atom is -0.356 e. The SMILES string of the molecule is Cc1sc2ncnc(N3CCC(C(=O)Nc4cccc(N5CCCC5=O)c4)CC3)c2c1C. The Bertz CT molecular complexity index is 1180. The Hall–Kier alpha value is -3.00. The average Bonchev–Trinajstić information content (AvgIpc) is 3.36. The zero-order valence-electron chi connectivity index (χ0n) is 18.4. The number of benzene rings is 1. The summed E-state index contributed by atoms with van der Waals surface area (Å²) < 4.78 is 0. The molecule has 2 aliphatic rings. The fraction of sp³-hybridized carbons (Fsp3) is 0.417. The Morgan fingerprint density at radius 1 is 1.16 bits per heavy atom. The van der Waals surface area contributed by atoms with Crippen molar-refractivity contribution < 1.29 is 9.59 Å². The summed E-state index contributed by atoms with van der Waals surface area (Å²) in [6.45, 7) is 6.58. The number of hydrogen-bond donors (Lipinski definition) is 1. The summed E-state index contributed by atoms with van der Waals surface area (Å²) in [7, 11) is 0. The first-order valence-corrected chi connectivity index (χ1v) is 12.0. The maximum absolute atomic E-state index is 12.9. The van der Waals surface area contributed by atoms with Gasteiger partial charge in [0, 0.05) is 48.2 Å². The zero-order valence-corrected chi connectivity index (χ0v) is 19.2. The number of aromatic nitrogens is 2. The van der Waals surface area contributed by atoms with Gasteiger partial charge >= 0.3 is 0 Å². The molecule has 0 aliphatic carbocycles. The topological polar surface area (TPSA) is 78.4 Å². The molecule has 1 N–H and O–H groups in total. The summed E-state index contributed by atoms with van der Waals surface area (Å²) in [5.41, 5.74) is 2.85. The lowest BCUT2D eigenvalue weighted by Crippen LogP contribution is -2.38. The molecule has 0 atom stereocenters. The first kappa shape index (κ1) is 20.9. The van der Waals surface area contributed by atoms with Gasteiger partial charge in [0.2, 0.25) is 11.8 Å². The van der Waals surface area contributed by atoms with Crippen molar-refractivity contribution >= 4 is 50.6 Å². The van der Waals surface area contributed by atoms with Crippen molar-refractivity contribution in [3.8, 4) is 0 Å². The second-order valence-corrected chi connectivity index (χ2v) is 9.81. The molecule has 2 amide bonds. The quantitative estimate of drug-likeness (QED) is 0.643. The molecule has 0 saturated carbocycles. The molecule has 1 aromatic carbocycles. The Morgan fingerprint density at radius 3 is 2.72 bits per heavy atom. The third-order valence-corrected chi connectivity index (χ3v) is 7.72. The van der Waals surface area contributed by atoms with E-state index in [2.05, 4.69) is 34.0 Å². The Balaban J connectivity index is 1.24. The number of hydrogen-bond acceptors (Lipinski definition) is 6. The van der Waals surface area contributed by atoms with Crippen LogP contribution in [-0.2, 0) is 9.59 Å². The van der Waals surface area contributed by atoms with Crippen LogP contribution in [0.4, 0.5) is 17.2 Å². The molecule has 5 rings (SSSR count). The van der Waals surface area contributed by atoms with Gasteiger partial charge in [0.05, 0.1) is 5.39 Å². The summed E-state index contributed by atoms with van der Waals surface area (Å²) in [6, 6.07) is 7.60. The maximum Gasteiger partial charge on any atom is 0.227 e. The predicted octanol–water partition coefficient (Wildman–Crippen LogP) is 4.29. The monoisotopic (exact) mass is 449 g/mol. The van der Waals surface area contributed by atoms with E-state index < -0.39 is 0 Å². The van der Waals surface area contributed by atoms with Crippen molar-refractivity contribution in [3.05, 3.63) is 41.0 Å². The van der Waals surface area contributed by atoms with E-state index >= 15 is 0 Å². The lowest BCUT2D eigenvalue weighted by molar-refractivity contribution is -0.120. The van der Waals surface area contributed by atoms with E-state index in [-0.39, 0.29) is 17.7 Å². The highest BCUT2D eigenvalue weighted by atomic mass is 32.1. The van der Waals surface area contributed by atoms with Crippen LogP contribution in [0.1, 0.15) is 36.1 Å². The van der Waals surface area contributed by atoms with Gasteiger partial charge in [0.1, 0.15) is 17.0 Å². The molecule has 0 unspecified atom stereocenters. The van der Waals surface area contributed by atoms with Crippen LogP contribution in [0.2, 0.25) is 0 Å². The standard InChI is InChI=1S/C24H27N5O2S/c1-15-16(2)32-24-21(15)22(25-14-26-24)28-11-8-17(9-12-28)23(31)27-18-5-3-6-19(13-18)29-10-4-7-20(29)30/h3,5-6,13-14,17H,4,7-12H2,1-2H3,(H,27,31). The lowest BCUT2D eigenvalue weighted by Gasteiger charge is -2.32. The number of thiophene rings is 1. The first-order valence-electron chi connectivity index (χ1n) is 11.2. The molecule has 32 heavy (non-hydrogen) atoms. The van der Waals surface area contributed by atoms with Crippen LogP contribution in [0, 0.1) is 19.8 Å². The van der Waals surface area contributed by atoms with Gasteiger partial charge in [-0.05, 0) is 56.9 Å². The number of rotatable bonds is 4. The summed E-state index contributed by atoms with van der Waals surface area (Å²) in [5.74, 6) is 1.14. The predicted molar refractivity (Wildman–Crippen MR) is 128 cm³/mol. The largest absolute Gasteiger partial charge is 0.356 e. The molecular weight excluding hydrogens is 422 g/mol. The van der Waals surface area contributed by atoms with Gasteiger partial charge in [0.15, 0.2) is 0 Å². The molecule has 0 spiro atoms. The number of nitrogens with one attached hydrogen (secondary N) is 1. The smallest absolute Gasteiger partial charge is 0.227 e. The molecule has 166 valence electrons. The van der Waals surface area contributed by atoms with E-state index in [0.717, 1.165) is 66.3 Å². The average molecular weight is 450 g/mol. The van der Waals surface area contributed by atoms with Crippen molar-refractivity contribution in [2.24, 2.45) is 5.92 Å². The highest BCUT2D eigenvalue weighted by molar-refractivity contribution is 7.18. The van der Waals surface area contributed by atoms with Crippen LogP contribution in [0.3, 0.4) is 0 Å². The second kappa shape index (κ2) is 8.50. The van der Waals surface area contributed by atoms with E-state index in [0.29, 0.717) is 6.42 Å². The van der Waals surface area contributed by atoms with Crippen molar-refractivity contribution in [2.75, 3.05) is 34.8 Å². The molecule has 7 nitrogen and oxygen atoms in total. The fourth-order valence-corrected chi connectivity index (χ4v) is 5.67. The molecule has 3 aromatic rings. The second-order valence-electron chi connectivity index (χ2n) is 8.61. The summed E-state index contributed by atoms with van der Waals surface area (Å²) >= 11 is 1.71. The molecule has 4 heterocycles. The number of nitrogens with zero attached hydrogens (tertiary/aromatic N) is 4. The minimum atomic E-state index is -0.0361. The van der Waals surface area contributed by atoms with E-state index in [9.17, 15) is 9.59 Å². The molecule has 2 fully saturated rings. The molecule has 0 radical (unpaired) electrons. The van der Waals surface area contributed by atoms with Crippen LogP contribution in [0.15, 0.2) is 30.6 Å². The first-order chi connectivity index (χ1) is 15.5. The maximum atomic E-state index is 12.9. The van der Waals surface area contributed by atoms with E-state index in [1.165, 1.54) is 10.4 Å². The fourth-order valence-electron chi connectivity index (χ4n) is 4.67. The van der Waals surface area contributed by atoms with Crippen molar-refractivity contribution in [1.29, 1.82) is 0 Å². The Labute approximate surface area is 191 Å². The van der Waals surface area contributed by atoms with E-state index in [1.807, 2.05) is 24.3 Å². The summed E-state index contributed by atoms with van der Waals surface area (Å²) in [5, 5.41) is 4.21. The van der Waals surface area contributed by atoms with Crippen LogP contribution in [-0.4, -0.2) is 41.4 Å². The molecule has 2 aromatic heterocycles. The van der Waals surface area contributed by atoms with Crippen molar-refractivity contribution in [3.63, 3.8) is 0 Å². The zero-order chi connectivity index (χ0) is 22.2. The van der Waals surface area contributed by atoms with Crippen LogP contribution in [0.5, 0.6) is 0 Å². The normalized spacial score (nSPS) is 17.4. The van der Waals surface area contributed by atoms with Crippen LogP contribution in [0.25, 0.3) is 10.2 Å². The molecule has 2 aliphatic heterocycles. The molecule has 0 bridgehead atoms. The van der Waals surface area contributed by atoms with Gasteiger partial charge < -0.3 is 15.1 Å². The van der Waals surface area contributed by atoms with Crippen molar-refractivity contribution in [1.82, 2.24) is 9.97 Å². The number of amides is 2. The van der Waals surface area contributed by atoms with Gasteiger partial charge in [-0.3, -0.25) is 9.59 Å². The van der Waals surface area contributed by atoms with Crippen molar-refractivity contribution in [2.45, 2.75) is 39.5 Å². The van der Waals surface area contributed by atoms with Gasteiger partial charge in [-0.15, -0.1) is 11.3 Å². The lowest BCUT2D eigenvalue weighted by atomic mass is 9.95. The van der Waals surface area contributed by atoms with Gasteiger partial charge in [-0.25, -0.2) is 9.97 Å². The number of fused-ring (bicyclic) bond motifs is 1. The van der Waals surface area contributed by atoms with E-state index in [1.54, 1.807) is 22.6 Å². The van der Waals surface area contributed by atoms with Crippen LogP contribution >= 0.6 is 11.3 Å². The highest BCUT2D eigenvalue weighted by Crippen LogP contribution is 2.35.